The van der Waals surface area contributed by atoms with Crippen molar-refractivity contribution in [3.8, 4) is 0 Å². The molecule has 10 nitrogen and oxygen atoms in total. The summed E-state index contributed by atoms with van der Waals surface area (Å²) in [5.41, 5.74) is 5.07. The predicted molar refractivity (Wildman–Crippen MR) is 196 cm³/mol. The molecule has 1 fully saturated rings. The first-order valence-electron chi connectivity index (χ1n) is 17.1. The maximum atomic E-state index is 13.1. The number of allylic oxidation sites excluding steroid dienone is 4. The lowest BCUT2D eigenvalue weighted by Crippen LogP contribution is -2.38. The SMILES string of the molecule is CCCCCCCc1ccc(C(=O)N=O)cc1N(CC(=O)N(C)C)CC1=CC=C(OCc2cc(S(C)=O)ccc2N2CCOCC2)C=CC1. The summed E-state index contributed by atoms with van der Waals surface area (Å²) in [5.74, 6) is -0.211. The second-order valence-electron chi connectivity index (χ2n) is 12.7. The number of benzene rings is 2. The van der Waals surface area contributed by atoms with Crippen molar-refractivity contribution < 1.29 is 23.3 Å². The summed E-state index contributed by atoms with van der Waals surface area (Å²) in [4.78, 5) is 43.1. The van der Waals surface area contributed by atoms with Gasteiger partial charge in [-0.15, -0.1) is 4.91 Å². The number of amides is 2. The van der Waals surface area contributed by atoms with Crippen molar-refractivity contribution in [2.45, 2.75) is 63.4 Å². The highest BCUT2D eigenvalue weighted by Crippen LogP contribution is 2.29. The molecule has 1 heterocycles. The number of likely N-dealkylation sites (N-methyl/N-ethyl adjacent to an activating group) is 1. The van der Waals surface area contributed by atoms with E-state index in [1.807, 2.05) is 53.5 Å². The van der Waals surface area contributed by atoms with Gasteiger partial charge in [0.2, 0.25) is 5.91 Å². The number of aryl methyl sites for hydroxylation is 1. The van der Waals surface area contributed by atoms with Gasteiger partial charge in [-0.1, -0.05) is 50.8 Å². The topological polar surface area (TPSA) is 109 Å². The lowest BCUT2D eigenvalue weighted by Gasteiger charge is -2.30. The van der Waals surface area contributed by atoms with Gasteiger partial charge in [0.05, 0.1) is 19.8 Å². The molecule has 0 bridgehead atoms. The van der Waals surface area contributed by atoms with Crippen molar-refractivity contribution >= 4 is 34.0 Å². The molecule has 264 valence electrons. The van der Waals surface area contributed by atoms with Crippen LogP contribution in [0.1, 0.15) is 66.9 Å². The van der Waals surface area contributed by atoms with E-state index in [-0.39, 0.29) is 18.0 Å². The first-order chi connectivity index (χ1) is 23.7. The van der Waals surface area contributed by atoms with Crippen LogP contribution in [0.25, 0.3) is 0 Å². The van der Waals surface area contributed by atoms with Gasteiger partial charge in [-0.25, -0.2) is 0 Å². The van der Waals surface area contributed by atoms with Crippen LogP contribution in [0.4, 0.5) is 11.4 Å². The van der Waals surface area contributed by atoms with E-state index in [2.05, 4.69) is 17.0 Å². The fourth-order valence-corrected chi connectivity index (χ4v) is 6.51. The third-order valence-corrected chi connectivity index (χ3v) is 9.72. The van der Waals surface area contributed by atoms with E-state index in [4.69, 9.17) is 9.47 Å². The van der Waals surface area contributed by atoms with Gasteiger partial charge < -0.3 is 24.2 Å². The normalized spacial score (nSPS) is 15.1. The van der Waals surface area contributed by atoms with Crippen molar-refractivity contribution in [3.63, 3.8) is 0 Å². The Kier molecular flexibility index (Phi) is 14.8. The molecule has 2 amide bonds. The molecule has 11 heteroatoms. The van der Waals surface area contributed by atoms with Crippen LogP contribution in [0.2, 0.25) is 0 Å². The standard InChI is InChI=1S/C38H50N4O6S/c1-5-6-7-8-9-12-30-15-16-31(38(44)39-45)25-36(30)42(27-37(43)40(2)3)26-29-11-10-13-33(17-14-29)48-28-32-24-34(49(4)46)18-19-35(32)41-20-22-47-23-21-41/h10,13-19,24-25H,5-9,11-12,20-23,26-28H2,1-4H3. The molecular weight excluding hydrogens is 641 g/mol. The van der Waals surface area contributed by atoms with E-state index in [1.54, 1.807) is 37.4 Å². The molecule has 2 aromatic rings. The van der Waals surface area contributed by atoms with Gasteiger partial charge in [-0.05, 0) is 72.9 Å². The number of ether oxygens (including phenoxy) is 2. The molecule has 1 aliphatic carbocycles. The molecule has 49 heavy (non-hydrogen) atoms. The van der Waals surface area contributed by atoms with Crippen molar-refractivity contribution in [2.24, 2.45) is 5.18 Å². The highest BCUT2D eigenvalue weighted by Gasteiger charge is 2.21. The molecule has 1 unspecified atom stereocenters. The van der Waals surface area contributed by atoms with E-state index >= 15 is 0 Å². The molecule has 1 atom stereocenters. The Bertz CT molecular complexity index is 1580. The maximum Gasteiger partial charge on any atom is 0.316 e. The summed E-state index contributed by atoms with van der Waals surface area (Å²) in [5, 5.41) is 2.65. The average Bonchev–Trinajstić information content (AvgIpc) is 3.35. The molecule has 1 aliphatic heterocycles. The van der Waals surface area contributed by atoms with E-state index in [0.717, 1.165) is 78.2 Å². The average molecular weight is 691 g/mol. The first kappa shape index (κ1) is 37.7. The minimum Gasteiger partial charge on any atom is -0.489 e. The van der Waals surface area contributed by atoms with Crippen LogP contribution in [0.5, 0.6) is 0 Å². The molecular formula is C38H50N4O6S. The van der Waals surface area contributed by atoms with Gasteiger partial charge in [0.25, 0.3) is 0 Å². The highest BCUT2D eigenvalue weighted by molar-refractivity contribution is 7.84. The molecule has 4 rings (SSSR count). The van der Waals surface area contributed by atoms with Crippen LogP contribution in [-0.2, 0) is 38.1 Å². The zero-order valence-corrected chi connectivity index (χ0v) is 30.1. The smallest absolute Gasteiger partial charge is 0.316 e. The maximum absolute atomic E-state index is 13.1. The third kappa shape index (κ3) is 11.2. The molecule has 0 saturated carbocycles. The Morgan fingerprint density at radius 1 is 1.00 bits per heavy atom. The summed E-state index contributed by atoms with van der Waals surface area (Å²) < 4.78 is 24.2. The number of carbonyl (C=O) groups excluding carboxylic acids is 2. The second-order valence-corrected chi connectivity index (χ2v) is 14.1. The monoisotopic (exact) mass is 690 g/mol. The fraction of sp³-hybridized carbons (Fsp3) is 0.474. The van der Waals surface area contributed by atoms with Gasteiger partial charge >= 0.3 is 5.91 Å². The van der Waals surface area contributed by atoms with Crippen LogP contribution >= 0.6 is 0 Å². The summed E-state index contributed by atoms with van der Waals surface area (Å²) in [6.07, 6.45) is 16.7. The minimum atomic E-state index is -1.12. The number of nitrogens with zero attached hydrogens (tertiary/aromatic N) is 4. The zero-order chi connectivity index (χ0) is 35.2. The van der Waals surface area contributed by atoms with E-state index in [0.29, 0.717) is 38.5 Å². The summed E-state index contributed by atoms with van der Waals surface area (Å²) in [6.45, 7) is 5.94. The molecule has 2 aromatic carbocycles. The molecule has 1 saturated heterocycles. The van der Waals surface area contributed by atoms with Crippen LogP contribution in [0.3, 0.4) is 0 Å². The van der Waals surface area contributed by atoms with E-state index in [1.165, 1.54) is 6.42 Å². The first-order valence-corrected chi connectivity index (χ1v) is 18.7. The Morgan fingerprint density at radius 2 is 1.78 bits per heavy atom. The van der Waals surface area contributed by atoms with Gasteiger partial charge in [0, 0.05) is 83.4 Å². The van der Waals surface area contributed by atoms with Crippen LogP contribution in [-0.4, -0.2) is 80.7 Å². The minimum absolute atomic E-state index is 0.0743. The zero-order valence-electron chi connectivity index (χ0n) is 29.3. The molecule has 2 aliphatic rings. The van der Waals surface area contributed by atoms with Crippen LogP contribution in [0, 0.1) is 4.91 Å². The summed E-state index contributed by atoms with van der Waals surface area (Å²) >= 11 is 0. The van der Waals surface area contributed by atoms with E-state index in [9.17, 15) is 18.7 Å². The lowest BCUT2D eigenvalue weighted by molar-refractivity contribution is -0.127. The lowest BCUT2D eigenvalue weighted by atomic mass is 10.00. The number of nitroso groups, excluding NO2 is 1. The number of carbonyl (C=O) groups is 2. The van der Waals surface area contributed by atoms with Gasteiger partial charge in [0.15, 0.2) is 0 Å². The number of hydrogen-bond donors (Lipinski definition) is 0. The van der Waals surface area contributed by atoms with Gasteiger partial charge in [-0.2, -0.15) is 0 Å². The Hall–Kier alpha value is -4.09. The number of unbranched alkanes of at least 4 members (excludes halogenated alkanes) is 4. The van der Waals surface area contributed by atoms with Crippen LogP contribution < -0.4 is 9.80 Å². The second kappa shape index (κ2) is 19.2. The predicted octanol–water partition coefficient (Wildman–Crippen LogP) is 6.56. The Balaban J connectivity index is 1.58. The van der Waals surface area contributed by atoms with E-state index < -0.39 is 16.7 Å². The Morgan fingerprint density at radius 3 is 2.49 bits per heavy atom. The third-order valence-electron chi connectivity index (χ3n) is 8.80. The molecule has 0 spiro atoms. The molecule has 0 radical (unpaired) electrons. The van der Waals surface area contributed by atoms with Crippen molar-refractivity contribution in [1.29, 1.82) is 0 Å². The largest absolute Gasteiger partial charge is 0.489 e. The summed E-state index contributed by atoms with van der Waals surface area (Å²) in [6, 6.07) is 11.1. The number of anilines is 2. The quantitative estimate of drug-likeness (QED) is 0.136. The fourth-order valence-electron chi connectivity index (χ4n) is 5.94. The van der Waals surface area contributed by atoms with Crippen molar-refractivity contribution in [3.05, 3.63) is 93.6 Å². The summed E-state index contributed by atoms with van der Waals surface area (Å²) in [7, 11) is 2.34. The molecule has 0 aromatic heterocycles. The van der Waals surface area contributed by atoms with Crippen molar-refractivity contribution in [2.75, 3.05) is 69.5 Å². The van der Waals surface area contributed by atoms with Gasteiger partial charge in [0.1, 0.15) is 12.4 Å². The molecule has 0 N–H and O–H groups in total. The van der Waals surface area contributed by atoms with Gasteiger partial charge in [-0.3, -0.25) is 13.8 Å². The van der Waals surface area contributed by atoms with Crippen molar-refractivity contribution in [1.82, 2.24) is 4.90 Å². The number of morpholine rings is 1. The number of rotatable bonds is 17. The highest BCUT2D eigenvalue weighted by atomic mass is 32.2. The Labute approximate surface area is 293 Å². The number of hydrogen-bond acceptors (Lipinski definition) is 8. The van der Waals surface area contributed by atoms with Crippen LogP contribution in [0.15, 0.2) is 82.1 Å².